The van der Waals surface area contributed by atoms with Gasteiger partial charge in [0.05, 0.1) is 0 Å². The van der Waals surface area contributed by atoms with Crippen LogP contribution in [0.1, 0.15) is 17.5 Å². The summed E-state index contributed by atoms with van der Waals surface area (Å²) in [6.07, 6.45) is 8.46. The van der Waals surface area contributed by atoms with Crippen molar-refractivity contribution < 1.29 is 4.39 Å². The number of hydrogen-bond acceptors (Lipinski definition) is 3. The topological polar surface area (TPSA) is 29.0 Å². The van der Waals surface area contributed by atoms with Crippen molar-refractivity contribution in [3.05, 3.63) is 66.0 Å². The smallest absolute Gasteiger partial charge is 0.123 e. The molecule has 3 rings (SSSR count). The Balaban J connectivity index is 1.64. The molecule has 1 aliphatic heterocycles. The Labute approximate surface area is 117 Å². The van der Waals surface area contributed by atoms with E-state index >= 15 is 0 Å². The normalized spacial score (nSPS) is 15.9. The van der Waals surface area contributed by atoms with Crippen molar-refractivity contribution >= 4 is 5.57 Å². The molecule has 0 unspecified atom stereocenters. The van der Waals surface area contributed by atoms with Gasteiger partial charge in [-0.15, -0.1) is 0 Å². The second-order valence-corrected chi connectivity index (χ2v) is 4.97. The van der Waals surface area contributed by atoms with Crippen LogP contribution < -0.4 is 0 Å². The monoisotopic (exact) mass is 269 g/mol. The molecule has 0 fully saturated rings. The third-order valence-electron chi connectivity index (χ3n) is 3.53. The number of hydrogen-bond donors (Lipinski definition) is 0. The van der Waals surface area contributed by atoms with E-state index in [-0.39, 0.29) is 5.82 Å². The first-order valence-electron chi connectivity index (χ1n) is 6.72. The Bertz CT molecular complexity index is 593. The molecule has 0 spiro atoms. The SMILES string of the molecule is Fc1ccc(C2=CCN(Cc3cncnc3)CC2)cc1. The average molecular weight is 269 g/mol. The van der Waals surface area contributed by atoms with Crippen LogP contribution in [0.25, 0.3) is 5.57 Å². The third-order valence-corrected chi connectivity index (χ3v) is 3.53. The maximum atomic E-state index is 12.9. The Morgan fingerprint density at radius 3 is 2.50 bits per heavy atom. The molecule has 0 saturated carbocycles. The zero-order valence-corrected chi connectivity index (χ0v) is 11.2. The van der Waals surface area contributed by atoms with Gasteiger partial charge in [-0.05, 0) is 29.7 Å². The zero-order valence-electron chi connectivity index (χ0n) is 11.2. The van der Waals surface area contributed by atoms with Crippen molar-refractivity contribution in [1.82, 2.24) is 14.9 Å². The molecule has 0 N–H and O–H groups in total. The molecular formula is C16H16FN3. The molecule has 0 amide bonds. The van der Waals surface area contributed by atoms with E-state index in [4.69, 9.17) is 0 Å². The zero-order chi connectivity index (χ0) is 13.8. The first-order chi connectivity index (χ1) is 9.81. The number of halogens is 1. The Kier molecular flexibility index (Phi) is 3.83. The minimum Gasteiger partial charge on any atom is -0.295 e. The fourth-order valence-corrected chi connectivity index (χ4v) is 2.45. The largest absolute Gasteiger partial charge is 0.295 e. The molecule has 1 aromatic carbocycles. The van der Waals surface area contributed by atoms with E-state index in [1.54, 1.807) is 6.33 Å². The van der Waals surface area contributed by atoms with Crippen LogP contribution in [0.15, 0.2) is 49.1 Å². The quantitative estimate of drug-likeness (QED) is 0.858. The minimum absolute atomic E-state index is 0.184. The van der Waals surface area contributed by atoms with Crippen molar-refractivity contribution in [3.8, 4) is 0 Å². The van der Waals surface area contributed by atoms with Crippen molar-refractivity contribution in [2.24, 2.45) is 0 Å². The van der Waals surface area contributed by atoms with Gasteiger partial charge < -0.3 is 0 Å². The first kappa shape index (κ1) is 12.9. The summed E-state index contributed by atoms with van der Waals surface area (Å²) in [7, 11) is 0. The standard InChI is InChI=1S/C16H16FN3/c17-16-3-1-14(2-4-16)15-5-7-20(8-6-15)11-13-9-18-12-19-10-13/h1-5,9-10,12H,6-8,11H2. The van der Waals surface area contributed by atoms with Crippen molar-refractivity contribution in [1.29, 1.82) is 0 Å². The van der Waals surface area contributed by atoms with Crippen LogP contribution in [0.2, 0.25) is 0 Å². The highest BCUT2D eigenvalue weighted by Crippen LogP contribution is 2.23. The third kappa shape index (κ3) is 3.08. The first-order valence-corrected chi connectivity index (χ1v) is 6.72. The van der Waals surface area contributed by atoms with Gasteiger partial charge in [0, 0.05) is 37.6 Å². The van der Waals surface area contributed by atoms with Gasteiger partial charge in [0.25, 0.3) is 0 Å². The molecule has 0 aliphatic carbocycles. The summed E-state index contributed by atoms with van der Waals surface area (Å²) >= 11 is 0. The van der Waals surface area contributed by atoms with Gasteiger partial charge in [-0.2, -0.15) is 0 Å². The average Bonchev–Trinajstić information content (AvgIpc) is 2.50. The van der Waals surface area contributed by atoms with Crippen LogP contribution in [0.4, 0.5) is 4.39 Å². The molecule has 102 valence electrons. The molecule has 2 aromatic rings. The highest BCUT2D eigenvalue weighted by molar-refractivity contribution is 5.66. The van der Waals surface area contributed by atoms with E-state index < -0.39 is 0 Å². The van der Waals surface area contributed by atoms with Crippen LogP contribution >= 0.6 is 0 Å². The maximum Gasteiger partial charge on any atom is 0.123 e. The second-order valence-electron chi connectivity index (χ2n) is 4.97. The lowest BCUT2D eigenvalue weighted by atomic mass is 9.99. The summed E-state index contributed by atoms with van der Waals surface area (Å²) in [6.45, 7) is 2.77. The van der Waals surface area contributed by atoms with Crippen LogP contribution in [-0.4, -0.2) is 28.0 Å². The fraction of sp³-hybridized carbons (Fsp3) is 0.250. The molecule has 4 heteroatoms. The lowest BCUT2D eigenvalue weighted by Gasteiger charge is -2.26. The molecule has 0 radical (unpaired) electrons. The summed E-state index contributed by atoms with van der Waals surface area (Å²) < 4.78 is 12.9. The van der Waals surface area contributed by atoms with Crippen molar-refractivity contribution in [2.75, 3.05) is 13.1 Å². The lowest BCUT2D eigenvalue weighted by Crippen LogP contribution is -2.28. The Hall–Kier alpha value is -2.07. The summed E-state index contributed by atoms with van der Waals surface area (Å²) in [5.41, 5.74) is 3.55. The van der Waals surface area contributed by atoms with Crippen LogP contribution in [0.5, 0.6) is 0 Å². The number of nitrogens with zero attached hydrogens (tertiary/aromatic N) is 3. The molecule has 1 aliphatic rings. The molecule has 3 nitrogen and oxygen atoms in total. The molecule has 0 saturated heterocycles. The van der Waals surface area contributed by atoms with E-state index in [0.29, 0.717) is 0 Å². The van der Waals surface area contributed by atoms with Gasteiger partial charge in [-0.1, -0.05) is 18.2 Å². The summed E-state index contributed by atoms with van der Waals surface area (Å²) in [5.74, 6) is -0.184. The van der Waals surface area contributed by atoms with E-state index in [9.17, 15) is 4.39 Å². The molecule has 0 atom stereocenters. The summed E-state index contributed by atoms with van der Waals surface area (Å²) in [5, 5.41) is 0. The molecule has 20 heavy (non-hydrogen) atoms. The summed E-state index contributed by atoms with van der Waals surface area (Å²) in [6, 6.07) is 6.73. The predicted octanol–water partition coefficient (Wildman–Crippen LogP) is 2.91. The Morgan fingerprint density at radius 1 is 1.10 bits per heavy atom. The fourth-order valence-electron chi connectivity index (χ4n) is 2.45. The summed E-state index contributed by atoms with van der Waals surface area (Å²) in [4.78, 5) is 10.4. The van der Waals surface area contributed by atoms with Gasteiger partial charge in [0.2, 0.25) is 0 Å². The molecule has 0 bridgehead atoms. The highest BCUT2D eigenvalue weighted by Gasteiger charge is 2.13. The molecule has 1 aromatic heterocycles. The molecular weight excluding hydrogens is 253 g/mol. The van der Waals surface area contributed by atoms with Gasteiger partial charge in [-0.25, -0.2) is 14.4 Å². The van der Waals surface area contributed by atoms with Crippen molar-refractivity contribution in [3.63, 3.8) is 0 Å². The number of benzene rings is 1. The predicted molar refractivity (Wildman–Crippen MR) is 76.3 cm³/mol. The highest BCUT2D eigenvalue weighted by atomic mass is 19.1. The van der Waals surface area contributed by atoms with E-state index in [2.05, 4.69) is 20.9 Å². The number of rotatable bonds is 3. The van der Waals surface area contributed by atoms with Crippen LogP contribution in [0, 0.1) is 5.82 Å². The van der Waals surface area contributed by atoms with Gasteiger partial charge in [-0.3, -0.25) is 4.90 Å². The molecule has 2 heterocycles. The van der Waals surface area contributed by atoms with E-state index in [1.807, 2.05) is 24.5 Å². The lowest BCUT2D eigenvalue weighted by molar-refractivity contribution is 0.293. The number of aromatic nitrogens is 2. The van der Waals surface area contributed by atoms with Gasteiger partial charge in [0.1, 0.15) is 12.1 Å². The van der Waals surface area contributed by atoms with Crippen LogP contribution in [-0.2, 0) is 6.54 Å². The van der Waals surface area contributed by atoms with Crippen molar-refractivity contribution in [2.45, 2.75) is 13.0 Å². The second kappa shape index (κ2) is 5.92. The van der Waals surface area contributed by atoms with E-state index in [1.165, 1.54) is 17.7 Å². The Morgan fingerprint density at radius 2 is 1.85 bits per heavy atom. The maximum absolute atomic E-state index is 12.9. The minimum atomic E-state index is -0.184. The van der Waals surface area contributed by atoms with Gasteiger partial charge >= 0.3 is 0 Å². The van der Waals surface area contributed by atoms with Crippen LogP contribution in [0.3, 0.4) is 0 Å². The van der Waals surface area contributed by atoms with Gasteiger partial charge in [0.15, 0.2) is 0 Å². The van der Waals surface area contributed by atoms with E-state index in [0.717, 1.165) is 37.2 Å².